The minimum absolute atomic E-state index is 0.214. The van der Waals surface area contributed by atoms with E-state index < -0.39 is 17.4 Å². The monoisotopic (exact) mass is 473 g/mol. The van der Waals surface area contributed by atoms with E-state index in [4.69, 9.17) is 4.74 Å². The van der Waals surface area contributed by atoms with Crippen molar-refractivity contribution >= 4 is 5.78 Å². The summed E-state index contributed by atoms with van der Waals surface area (Å²) in [5.74, 6) is 5.61. The first-order valence-electron chi connectivity index (χ1n) is 11.6. The highest BCUT2D eigenvalue weighted by Gasteiger charge is 2.19. The molecule has 1 aliphatic rings. The average Bonchev–Trinajstić information content (AvgIpc) is 2.86. The largest absolute Gasteiger partial charge is 0.502 e. The van der Waals surface area contributed by atoms with Crippen LogP contribution in [-0.4, -0.2) is 51.6 Å². The van der Waals surface area contributed by atoms with Crippen LogP contribution >= 0.6 is 0 Å². The van der Waals surface area contributed by atoms with Gasteiger partial charge in [-0.2, -0.15) is 0 Å². The molecule has 1 aromatic heterocycles. The number of rotatable bonds is 8. The standard InChI is InChI=1S/C28H31N3O4/c1-4-23(7-8-24-9-11-25(12-10-24)19-30-13-15-35-16-14-30)6-5-21(2)17-26(22(3)32)31-20-29-18-27(33)28(31)34/h4-6,9-12,18,20,26,33H,2,13-17,19H2,1,3H3/b6-5-,23-4+. The number of aromatic nitrogens is 2. The fraction of sp³-hybridized carbons (Fsp3) is 0.321. The van der Waals surface area contributed by atoms with Gasteiger partial charge < -0.3 is 9.84 Å². The maximum absolute atomic E-state index is 12.2. The number of carbonyl (C=O) groups excluding carboxylic acids is 1. The molecule has 1 fully saturated rings. The first-order chi connectivity index (χ1) is 16.9. The number of ether oxygens (including phenoxy) is 1. The molecule has 0 saturated carbocycles. The molecule has 7 nitrogen and oxygen atoms in total. The van der Waals surface area contributed by atoms with Crippen LogP contribution < -0.4 is 5.56 Å². The molecule has 35 heavy (non-hydrogen) atoms. The second-order valence-electron chi connectivity index (χ2n) is 8.39. The van der Waals surface area contributed by atoms with Gasteiger partial charge in [0.15, 0.2) is 11.5 Å². The zero-order chi connectivity index (χ0) is 25.2. The molecule has 0 radical (unpaired) electrons. The minimum Gasteiger partial charge on any atom is -0.502 e. The highest BCUT2D eigenvalue weighted by molar-refractivity contribution is 5.80. The lowest BCUT2D eigenvalue weighted by Crippen LogP contribution is -2.35. The molecule has 3 rings (SSSR count). The maximum atomic E-state index is 12.2. The van der Waals surface area contributed by atoms with Gasteiger partial charge in [-0.3, -0.25) is 19.1 Å². The number of allylic oxidation sites excluding steroid dienone is 5. The number of hydrogen-bond acceptors (Lipinski definition) is 6. The van der Waals surface area contributed by atoms with E-state index in [0.29, 0.717) is 5.57 Å². The highest BCUT2D eigenvalue weighted by atomic mass is 16.5. The third kappa shape index (κ3) is 7.64. The normalized spacial score (nSPS) is 15.4. The Morgan fingerprint density at radius 3 is 2.63 bits per heavy atom. The van der Waals surface area contributed by atoms with Gasteiger partial charge in [-0.05, 0) is 44.0 Å². The molecule has 2 aromatic rings. The van der Waals surface area contributed by atoms with Gasteiger partial charge >= 0.3 is 0 Å². The summed E-state index contributed by atoms with van der Waals surface area (Å²) in [6, 6.07) is 7.46. The van der Waals surface area contributed by atoms with Crippen LogP contribution in [0.1, 0.15) is 37.4 Å². The van der Waals surface area contributed by atoms with Crippen LogP contribution in [0, 0.1) is 11.8 Å². The molecule has 7 heteroatoms. The first-order valence-corrected chi connectivity index (χ1v) is 11.6. The molecular weight excluding hydrogens is 442 g/mol. The number of aromatic hydroxyl groups is 1. The smallest absolute Gasteiger partial charge is 0.296 e. The Balaban J connectivity index is 1.62. The van der Waals surface area contributed by atoms with E-state index in [1.807, 2.05) is 31.2 Å². The second kappa shape index (κ2) is 12.7. The van der Waals surface area contributed by atoms with E-state index in [9.17, 15) is 14.7 Å². The van der Waals surface area contributed by atoms with E-state index in [-0.39, 0.29) is 12.2 Å². The number of carbonyl (C=O) groups is 1. The van der Waals surface area contributed by atoms with E-state index in [1.54, 1.807) is 6.08 Å². The zero-order valence-corrected chi connectivity index (χ0v) is 20.2. The van der Waals surface area contributed by atoms with Gasteiger partial charge in [0.2, 0.25) is 0 Å². The van der Waals surface area contributed by atoms with Gasteiger partial charge in [-0.15, -0.1) is 0 Å². The van der Waals surface area contributed by atoms with Gasteiger partial charge in [0, 0.05) is 30.8 Å². The lowest BCUT2D eigenvalue weighted by molar-refractivity contribution is -0.120. The summed E-state index contributed by atoms with van der Waals surface area (Å²) in [6.07, 6.45) is 8.04. The summed E-state index contributed by atoms with van der Waals surface area (Å²) in [5.41, 5.74) is 2.97. The summed E-state index contributed by atoms with van der Waals surface area (Å²) in [6.45, 7) is 11.7. The number of benzene rings is 1. The molecular formula is C28H31N3O4. The molecule has 0 bridgehead atoms. The zero-order valence-electron chi connectivity index (χ0n) is 20.2. The van der Waals surface area contributed by atoms with Crippen molar-refractivity contribution in [2.75, 3.05) is 26.3 Å². The topological polar surface area (TPSA) is 84.7 Å². The molecule has 1 unspecified atom stereocenters. The Morgan fingerprint density at radius 2 is 1.97 bits per heavy atom. The number of nitrogens with zero attached hydrogens (tertiary/aromatic N) is 3. The van der Waals surface area contributed by atoms with Crippen LogP contribution in [0.15, 0.2) is 77.5 Å². The Hall–Kier alpha value is -3.73. The summed E-state index contributed by atoms with van der Waals surface area (Å²) in [4.78, 5) is 30.5. The van der Waals surface area contributed by atoms with Crippen molar-refractivity contribution in [2.45, 2.75) is 32.9 Å². The van der Waals surface area contributed by atoms with Crippen molar-refractivity contribution in [1.82, 2.24) is 14.5 Å². The van der Waals surface area contributed by atoms with E-state index in [0.717, 1.165) is 54.7 Å². The van der Waals surface area contributed by atoms with Gasteiger partial charge in [0.25, 0.3) is 5.56 Å². The van der Waals surface area contributed by atoms with Gasteiger partial charge in [0.05, 0.1) is 25.7 Å². The van der Waals surface area contributed by atoms with Crippen LogP contribution in [-0.2, 0) is 16.1 Å². The molecule has 1 atom stereocenters. The van der Waals surface area contributed by atoms with Crippen LogP contribution in [0.2, 0.25) is 0 Å². The van der Waals surface area contributed by atoms with Crippen molar-refractivity contribution in [3.05, 3.63) is 94.2 Å². The molecule has 0 aliphatic carbocycles. The van der Waals surface area contributed by atoms with Crippen molar-refractivity contribution in [3.63, 3.8) is 0 Å². The number of Topliss-reactive ketones (excluding diaryl/α,β-unsaturated/α-hetero) is 1. The van der Waals surface area contributed by atoms with Crippen LogP contribution in [0.25, 0.3) is 0 Å². The Bertz CT molecular complexity index is 1220. The Labute approximate surface area is 206 Å². The predicted molar refractivity (Wildman–Crippen MR) is 136 cm³/mol. The van der Waals surface area contributed by atoms with Crippen molar-refractivity contribution in [3.8, 4) is 17.6 Å². The quantitative estimate of drug-likeness (QED) is 0.467. The molecule has 182 valence electrons. The minimum atomic E-state index is -0.796. The predicted octanol–water partition coefficient (Wildman–Crippen LogP) is 3.41. The van der Waals surface area contributed by atoms with Crippen LogP contribution in [0.5, 0.6) is 5.75 Å². The Kier molecular flexibility index (Phi) is 9.36. The molecule has 1 N–H and O–H groups in total. The van der Waals surface area contributed by atoms with E-state index in [2.05, 4.69) is 40.4 Å². The number of ketones is 1. The van der Waals surface area contributed by atoms with Crippen molar-refractivity contribution < 1.29 is 14.6 Å². The fourth-order valence-corrected chi connectivity index (χ4v) is 3.67. The first kappa shape index (κ1) is 25.9. The number of hydrogen-bond donors (Lipinski definition) is 1. The van der Waals surface area contributed by atoms with Gasteiger partial charge in [-0.1, -0.05) is 48.3 Å². The van der Waals surface area contributed by atoms with Crippen molar-refractivity contribution in [2.24, 2.45) is 0 Å². The maximum Gasteiger partial charge on any atom is 0.296 e. The summed E-state index contributed by atoms with van der Waals surface area (Å²) < 4.78 is 6.53. The molecule has 1 aliphatic heterocycles. The lowest BCUT2D eigenvalue weighted by atomic mass is 10.0. The average molecular weight is 474 g/mol. The summed E-state index contributed by atoms with van der Waals surface area (Å²) in [5, 5.41) is 9.64. The molecule has 0 amide bonds. The fourth-order valence-electron chi connectivity index (χ4n) is 3.67. The van der Waals surface area contributed by atoms with E-state index >= 15 is 0 Å². The molecule has 0 spiro atoms. The van der Waals surface area contributed by atoms with Gasteiger partial charge in [-0.25, -0.2) is 4.98 Å². The molecule has 1 aromatic carbocycles. The summed E-state index contributed by atoms with van der Waals surface area (Å²) >= 11 is 0. The Morgan fingerprint density at radius 1 is 1.26 bits per heavy atom. The third-order valence-electron chi connectivity index (χ3n) is 5.73. The third-order valence-corrected chi connectivity index (χ3v) is 5.73. The van der Waals surface area contributed by atoms with Crippen molar-refractivity contribution in [1.29, 1.82) is 0 Å². The molecule has 1 saturated heterocycles. The molecule has 2 heterocycles. The highest BCUT2D eigenvalue weighted by Crippen LogP contribution is 2.18. The SMILES string of the molecule is C=C(/C=C\C(C#Cc1ccc(CN2CCOCC2)cc1)=C/C)CC(C(C)=O)n1cncc(O)c1=O. The van der Waals surface area contributed by atoms with E-state index in [1.165, 1.54) is 18.8 Å². The van der Waals surface area contributed by atoms with Gasteiger partial charge in [0.1, 0.15) is 6.04 Å². The van der Waals surface area contributed by atoms with Crippen LogP contribution in [0.3, 0.4) is 0 Å². The summed E-state index contributed by atoms with van der Waals surface area (Å²) in [7, 11) is 0. The lowest BCUT2D eigenvalue weighted by Gasteiger charge is -2.26. The second-order valence-corrected chi connectivity index (χ2v) is 8.39. The number of morpholine rings is 1. The van der Waals surface area contributed by atoms with Crippen LogP contribution in [0.4, 0.5) is 0 Å².